The first-order chi connectivity index (χ1) is 24.6. The van der Waals surface area contributed by atoms with Crippen LogP contribution in [0.15, 0.2) is 21.9 Å². The van der Waals surface area contributed by atoms with E-state index in [0.717, 1.165) is 48.9 Å². The maximum absolute atomic E-state index is 6.57. The SMILES string of the molecule is COc1c(C)c(C)c([Si](C2=C(C)C(C)=C(C)C2C)(c2c(C)c(C)c(OC)c(OC)c2OC)c2c(C)c(C)c(OC)c(OC)c2OC)c(OC)c1OC. The number of rotatable bonds is 13. The van der Waals surface area contributed by atoms with Gasteiger partial charge in [-0.1, -0.05) is 23.3 Å². The van der Waals surface area contributed by atoms with E-state index in [1.807, 2.05) is 0 Å². The molecule has 0 heterocycles. The Morgan fingerprint density at radius 2 is 0.577 bits per heavy atom. The molecule has 3 aromatic carbocycles. The molecule has 0 aromatic heterocycles. The minimum absolute atomic E-state index is 0.0131. The third-order valence-electron chi connectivity index (χ3n) is 11.8. The summed E-state index contributed by atoms with van der Waals surface area (Å²) in [5.41, 5.74) is 9.53. The monoisotopic (exact) mass is 734 g/mol. The Kier molecular flexibility index (Phi) is 11.8. The summed E-state index contributed by atoms with van der Waals surface area (Å²) >= 11 is 0. The lowest BCUT2D eigenvalue weighted by molar-refractivity contribution is 0.323. The standard InChI is InChI=1S/C42H58O9Si/c1-20-21(2)26(7)39(25(20)6)52(40-27(8)22(3)30(43-11)33(46-14)36(40)49-17,41-28(9)23(4)31(44-12)34(47-15)37(41)50-18)42-29(10)24(5)32(45-13)35(48-16)38(42)51-19/h25H,1-19H3. The van der Waals surface area contributed by atoms with Gasteiger partial charge >= 0.3 is 0 Å². The Hall–Kier alpha value is -4.44. The fourth-order valence-electron chi connectivity index (χ4n) is 8.73. The van der Waals surface area contributed by atoms with Crippen molar-refractivity contribution in [2.24, 2.45) is 5.92 Å². The van der Waals surface area contributed by atoms with Crippen molar-refractivity contribution in [3.05, 3.63) is 55.3 Å². The number of ether oxygens (including phenoxy) is 9. The minimum Gasteiger partial charge on any atom is -0.493 e. The van der Waals surface area contributed by atoms with Gasteiger partial charge in [-0.25, -0.2) is 0 Å². The number of allylic oxidation sites excluding steroid dienone is 4. The lowest BCUT2D eigenvalue weighted by atomic mass is 10.0. The van der Waals surface area contributed by atoms with Crippen molar-refractivity contribution in [1.29, 1.82) is 0 Å². The van der Waals surface area contributed by atoms with Gasteiger partial charge in [-0.3, -0.25) is 0 Å². The molecule has 0 fully saturated rings. The molecule has 10 heteroatoms. The fourth-order valence-corrected chi connectivity index (χ4v) is 15.8. The molecule has 284 valence electrons. The zero-order valence-electron chi connectivity index (χ0n) is 34.8. The molecule has 0 saturated heterocycles. The first kappa shape index (κ1) is 40.3. The van der Waals surface area contributed by atoms with Crippen LogP contribution in [0.1, 0.15) is 61.1 Å². The Balaban J connectivity index is 2.72. The minimum atomic E-state index is -3.82. The summed E-state index contributed by atoms with van der Waals surface area (Å²) in [6.07, 6.45) is 0. The molecule has 0 saturated carbocycles. The van der Waals surface area contributed by atoms with Crippen molar-refractivity contribution in [2.75, 3.05) is 64.0 Å². The smallest absolute Gasteiger partial charge is 0.203 e. The molecule has 1 aliphatic rings. The van der Waals surface area contributed by atoms with Gasteiger partial charge in [0.1, 0.15) is 0 Å². The summed E-state index contributed by atoms with van der Waals surface area (Å²) in [7, 11) is 11.2. The van der Waals surface area contributed by atoms with E-state index in [1.165, 1.54) is 21.9 Å². The van der Waals surface area contributed by atoms with E-state index in [-0.39, 0.29) is 5.92 Å². The molecule has 52 heavy (non-hydrogen) atoms. The average molecular weight is 735 g/mol. The van der Waals surface area contributed by atoms with Crippen LogP contribution in [0.2, 0.25) is 0 Å². The molecule has 1 unspecified atom stereocenters. The number of benzene rings is 3. The predicted molar refractivity (Wildman–Crippen MR) is 212 cm³/mol. The van der Waals surface area contributed by atoms with E-state index in [2.05, 4.69) is 69.2 Å². The predicted octanol–water partition coefficient (Wildman–Crippen LogP) is 6.93. The van der Waals surface area contributed by atoms with E-state index in [1.54, 1.807) is 64.0 Å². The van der Waals surface area contributed by atoms with Crippen LogP contribution in [0.5, 0.6) is 51.7 Å². The highest BCUT2D eigenvalue weighted by Gasteiger charge is 2.57. The Morgan fingerprint density at radius 1 is 0.327 bits per heavy atom. The molecule has 0 aliphatic heterocycles. The highest BCUT2D eigenvalue weighted by Crippen LogP contribution is 2.52. The van der Waals surface area contributed by atoms with Crippen LogP contribution >= 0.6 is 0 Å². The van der Waals surface area contributed by atoms with Crippen LogP contribution in [-0.2, 0) is 0 Å². The normalized spacial score (nSPS) is 14.5. The number of hydrogen-bond acceptors (Lipinski definition) is 9. The fraction of sp³-hybridized carbons (Fsp3) is 0.476. The van der Waals surface area contributed by atoms with Gasteiger partial charge in [0.2, 0.25) is 17.2 Å². The zero-order valence-corrected chi connectivity index (χ0v) is 35.8. The van der Waals surface area contributed by atoms with Gasteiger partial charge in [0.05, 0.1) is 64.0 Å². The third-order valence-corrected chi connectivity index (χ3v) is 17.4. The molecule has 0 amide bonds. The summed E-state index contributed by atoms with van der Waals surface area (Å²) in [5.74, 6) is 5.09. The van der Waals surface area contributed by atoms with Crippen LogP contribution in [0.25, 0.3) is 0 Å². The zero-order chi connectivity index (χ0) is 39.1. The number of hydrogen-bond donors (Lipinski definition) is 0. The van der Waals surface area contributed by atoms with Crippen LogP contribution in [-0.4, -0.2) is 72.1 Å². The van der Waals surface area contributed by atoms with Gasteiger partial charge in [-0.05, 0) is 107 Å². The molecule has 1 aliphatic carbocycles. The Labute approximate surface area is 311 Å². The lowest BCUT2D eigenvalue weighted by Gasteiger charge is -2.44. The summed E-state index contributed by atoms with van der Waals surface area (Å²) in [6, 6.07) is 0. The number of methoxy groups -OCH3 is 9. The molecular weight excluding hydrogens is 677 g/mol. The van der Waals surface area contributed by atoms with Crippen molar-refractivity contribution in [3.8, 4) is 51.7 Å². The van der Waals surface area contributed by atoms with Crippen molar-refractivity contribution >= 4 is 23.6 Å². The second-order valence-corrected chi connectivity index (χ2v) is 17.0. The maximum atomic E-state index is 6.57. The molecule has 0 radical (unpaired) electrons. The highest BCUT2D eigenvalue weighted by atomic mass is 28.3. The van der Waals surface area contributed by atoms with Gasteiger partial charge in [0.15, 0.2) is 42.6 Å². The van der Waals surface area contributed by atoms with E-state index in [9.17, 15) is 0 Å². The summed E-state index contributed by atoms with van der Waals surface area (Å²) in [4.78, 5) is 0. The second-order valence-electron chi connectivity index (χ2n) is 13.5. The Bertz CT molecular complexity index is 1790. The molecule has 0 spiro atoms. The van der Waals surface area contributed by atoms with Crippen molar-refractivity contribution in [2.45, 2.75) is 69.2 Å². The largest absolute Gasteiger partial charge is 0.493 e. The van der Waals surface area contributed by atoms with Crippen LogP contribution in [0.3, 0.4) is 0 Å². The van der Waals surface area contributed by atoms with Crippen LogP contribution in [0.4, 0.5) is 0 Å². The molecule has 4 rings (SSSR count). The van der Waals surface area contributed by atoms with E-state index in [4.69, 9.17) is 42.6 Å². The quantitative estimate of drug-likeness (QED) is 0.137. The topological polar surface area (TPSA) is 83.1 Å². The highest BCUT2D eigenvalue weighted by molar-refractivity contribution is 7.18. The van der Waals surface area contributed by atoms with Gasteiger partial charge in [0.25, 0.3) is 0 Å². The summed E-state index contributed by atoms with van der Waals surface area (Å²) < 4.78 is 56.6. The van der Waals surface area contributed by atoms with Crippen LogP contribution < -0.4 is 58.2 Å². The lowest BCUT2D eigenvalue weighted by Crippen LogP contribution is -2.72. The molecule has 0 bridgehead atoms. The molecule has 9 nitrogen and oxygen atoms in total. The van der Waals surface area contributed by atoms with Gasteiger partial charge in [-0.15, -0.1) is 0 Å². The van der Waals surface area contributed by atoms with E-state index < -0.39 is 8.07 Å². The average Bonchev–Trinajstić information content (AvgIpc) is 3.33. The molecular formula is C42H58O9Si. The maximum Gasteiger partial charge on any atom is 0.203 e. The second kappa shape index (κ2) is 15.3. The molecule has 1 atom stereocenters. The van der Waals surface area contributed by atoms with Gasteiger partial charge < -0.3 is 42.6 Å². The van der Waals surface area contributed by atoms with Gasteiger partial charge in [-0.2, -0.15) is 0 Å². The molecule has 3 aromatic rings. The first-order valence-electron chi connectivity index (χ1n) is 17.4. The summed E-state index contributed by atoms with van der Waals surface area (Å²) in [5, 5.41) is 4.20. The first-order valence-corrected chi connectivity index (χ1v) is 19.4. The van der Waals surface area contributed by atoms with Crippen molar-refractivity contribution < 1.29 is 42.6 Å². The third kappa shape index (κ3) is 5.39. The van der Waals surface area contributed by atoms with Crippen molar-refractivity contribution in [3.63, 3.8) is 0 Å². The van der Waals surface area contributed by atoms with Crippen molar-refractivity contribution in [1.82, 2.24) is 0 Å². The summed E-state index contributed by atoms with van der Waals surface area (Å²) in [6.45, 7) is 21.6. The van der Waals surface area contributed by atoms with Crippen LogP contribution in [0, 0.1) is 47.5 Å². The molecule has 0 N–H and O–H groups in total. The van der Waals surface area contributed by atoms with E-state index in [0.29, 0.717) is 51.7 Å². The van der Waals surface area contributed by atoms with E-state index >= 15 is 0 Å². The van der Waals surface area contributed by atoms with Gasteiger partial charge in [0, 0.05) is 15.6 Å². The Morgan fingerprint density at radius 3 is 0.769 bits per heavy atom.